The van der Waals surface area contributed by atoms with E-state index in [4.69, 9.17) is 0 Å². The van der Waals surface area contributed by atoms with Crippen molar-refractivity contribution < 1.29 is 0 Å². The van der Waals surface area contributed by atoms with Crippen molar-refractivity contribution in [3.8, 4) is 0 Å². The summed E-state index contributed by atoms with van der Waals surface area (Å²) in [6.45, 7) is 7.66. The average molecular weight is 276 g/mol. The molecular formula is C14H24N6. The van der Waals surface area contributed by atoms with Crippen LogP contribution in [-0.2, 0) is 0 Å². The summed E-state index contributed by atoms with van der Waals surface area (Å²) >= 11 is 0. The highest BCUT2D eigenvalue weighted by Crippen LogP contribution is 2.26. The van der Waals surface area contributed by atoms with Gasteiger partial charge in [0.2, 0.25) is 5.95 Å². The Hall–Kier alpha value is -1.85. The molecular weight excluding hydrogens is 252 g/mol. The van der Waals surface area contributed by atoms with Crippen molar-refractivity contribution in [2.24, 2.45) is 0 Å². The maximum atomic E-state index is 4.66. The topological polar surface area (TPSA) is 69.7 Å². The molecule has 2 aromatic heterocycles. The zero-order valence-electron chi connectivity index (χ0n) is 12.8. The van der Waals surface area contributed by atoms with E-state index in [1.165, 1.54) is 6.42 Å². The van der Waals surface area contributed by atoms with Gasteiger partial charge in [-0.25, -0.2) is 0 Å². The van der Waals surface area contributed by atoms with Crippen LogP contribution in [0.25, 0.3) is 11.0 Å². The summed E-state index contributed by atoms with van der Waals surface area (Å²) in [4.78, 5) is 11.4. The van der Waals surface area contributed by atoms with E-state index in [1.54, 1.807) is 0 Å². The summed E-state index contributed by atoms with van der Waals surface area (Å²) in [5.41, 5.74) is 0.782. The second kappa shape index (κ2) is 6.54. The SMILES string of the molecule is CCCCN(c1nc(NC)nc2[nH]ncc12)C(C)CC. The number of H-pyrrole nitrogens is 1. The number of aromatic amines is 1. The minimum absolute atomic E-state index is 0.444. The van der Waals surface area contributed by atoms with Crippen LogP contribution in [0.2, 0.25) is 0 Å². The van der Waals surface area contributed by atoms with Crippen LogP contribution >= 0.6 is 0 Å². The normalized spacial score (nSPS) is 12.6. The lowest BCUT2D eigenvalue weighted by atomic mass is 10.2. The lowest BCUT2D eigenvalue weighted by molar-refractivity contribution is 0.591. The van der Waals surface area contributed by atoms with Crippen molar-refractivity contribution in [2.45, 2.75) is 46.1 Å². The summed E-state index contributed by atoms with van der Waals surface area (Å²) in [7, 11) is 1.83. The maximum absolute atomic E-state index is 4.66. The predicted octanol–water partition coefficient (Wildman–Crippen LogP) is 2.80. The lowest BCUT2D eigenvalue weighted by Crippen LogP contribution is -2.34. The summed E-state index contributed by atoms with van der Waals surface area (Å²) in [6, 6.07) is 0.444. The predicted molar refractivity (Wildman–Crippen MR) is 83.2 cm³/mol. The first kappa shape index (κ1) is 14.6. The Kier molecular flexibility index (Phi) is 4.76. The fourth-order valence-electron chi connectivity index (χ4n) is 2.23. The quantitative estimate of drug-likeness (QED) is 0.813. The van der Waals surface area contributed by atoms with Gasteiger partial charge in [-0.15, -0.1) is 0 Å². The van der Waals surface area contributed by atoms with Gasteiger partial charge in [0.15, 0.2) is 5.65 Å². The van der Waals surface area contributed by atoms with Gasteiger partial charge in [0.05, 0.1) is 11.6 Å². The Labute approximate surface area is 120 Å². The molecule has 0 radical (unpaired) electrons. The first-order valence-electron chi connectivity index (χ1n) is 7.36. The van der Waals surface area contributed by atoms with Gasteiger partial charge in [0.25, 0.3) is 0 Å². The second-order valence-electron chi connectivity index (χ2n) is 5.06. The van der Waals surface area contributed by atoms with Crippen molar-refractivity contribution in [2.75, 3.05) is 23.8 Å². The van der Waals surface area contributed by atoms with E-state index in [1.807, 2.05) is 13.2 Å². The van der Waals surface area contributed by atoms with Gasteiger partial charge < -0.3 is 10.2 Å². The standard InChI is InChI=1S/C14H24N6/c1-5-7-8-20(10(3)6-2)13-11-9-16-19-12(11)17-14(15-4)18-13/h9-10H,5-8H2,1-4H3,(H2,15,16,17,18,19). The number of rotatable bonds is 7. The zero-order chi connectivity index (χ0) is 14.5. The molecule has 0 bridgehead atoms. The Bertz CT molecular complexity index is 550. The van der Waals surface area contributed by atoms with E-state index in [0.29, 0.717) is 12.0 Å². The Morgan fingerprint density at radius 3 is 2.80 bits per heavy atom. The molecule has 2 rings (SSSR count). The van der Waals surface area contributed by atoms with Crippen LogP contribution in [0.15, 0.2) is 6.20 Å². The molecule has 0 saturated carbocycles. The molecule has 2 N–H and O–H groups in total. The molecule has 20 heavy (non-hydrogen) atoms. The molecule has 0 aliphatic rings. The minimum Gasteiger partial charge on any atom is -0.357 e. The fraction of sp³-hybridized carbons (Fsp3) is 0.643. The number of anilines is 2. The number of hydrogen-bond acceptors (Lipinski definition) is 5. The Morgan fingerprint density at radius 1 is 1.35 bits per heavy atom. The highest BCUT2D eigenvalue weighted by atomic mass is 15.3. The third kappa shape index (κ3) is 2.84. The molecule has 0 spiro atoms. The van der Waals surface area contributed by atoms with Gasteiger partial charge in [-0.05, 0) is 19.8 Å². The number of hydrogen-bond donors (Lipinski definition) is 2. The van der Waals surface area contributed by atoms with Crippen molar-refractivity contribution in [1.29, 1.82) is 0 Å². The van der Waals surface area contributed by atoms with Crippen molar-refractivity contribution >= 4 is 22.8 Å². The molecule has 0 aliphatic heterocycles. The van der Waals surface area contributed by atoms with Crippen LogP contribution in [0, 0.1) is 0 Å². The molecule has 0 fully saturated rings. The van der Waals surface area contributed by atoms with E-state index < -0.39 is 0 Å². The monoisotopic (exact) mass is 276 g/mol. The van der Waals surface area contributed by atoms with E-state index in [0.717, 1.165) is 36.2 Å². The number of nitrogens with one attached hydrogen (secondary N) is 2. The largest absolute Gasteiger partial charge is 0.357 e. The number of unbranched alkanes of at least 4 members (excludes halogenated alkanes) is 1. The molecule has 0 aromatic carbocycles. The summed E-state index contributed by atoms with van der Waals surface area (Å²) in [5, 5.41) is 11.0. The highest BCUT2D eigenvalue weighted by molar-refractivity contribution is 5.87. The molecule has 0 saturated heterocycles. The van der Waals surface area contributed by atoms with Gasteiger partial charge in [-0.3, -0.25) is 5.10 Å². The summed E-state index contributed by atoms with van der Waals surface area (Å²) < 4.78 is 0. The van der Waals surface area contributed by atoms with Crippen LogP contribution in [0.4, 0.5) is 11.8 Å². The summed E-state index contributed by atoms with van der Waals surface area (Å²) in [5.74, 6) is 1.59. The molecule has 6 heteroatoms. The fourth-order valence-corrected chi connectivity index (χ4v) is 2.23. The van der Waals surface area contributed by atoms with Crippen LogP contribution in [-0.4, -0.2) is 39.8 Å². The van der Waals surface area contributed by atoms with Crippen molar-refractivity contribution in [3.05, 3.63) is 6.20 Å². The Morgan fingerprint density at radius 2 is 2.15 bits per heavy atom. The molecule has 2 aromatic rings. The van der Waals surface area contributed by atoms with Crippen LogP contribution in [0.1, 0.15) is 40.0 Å². The highest BCUT2D eigenvalue weighted by Gasteiger charge is 2.19. The zero-order valence-corrected chi connectivity index (χ0v) is 12.8. The second-order valence-corrected chi connectivity index (χ2v) is 5.06. The minimum atomic E-state index is 0.444. The third-order valence-corrected chi connectivity index (χ3v) is 3.66. The van der Waals surface area contributed by atoms with Crippen LogP contribution in [0.3, 0.4) is 0 Å². The van der Waals surface area contributed by atoms with E-state index in [2.05, 4.69) is 51.2 Å². The van der Waals surface area contributed by atoms with Crippen molar-refractivity contribution in [3.63, 3.8) is 0 Å². The number of nitrogens with zero attached hydrogens (tertiary/aromatic N) is 4. The maximum Gasteiger partial charge on any atom is 0.226 e. The average Bonchev–Trinajstić information content (AvgIpc) is 2.95. The molecule has 0 amide bonds. The van der Waals surface area contributed by atoms with E-state index in [-0.39, 0.29) is 0 Å². The van der Waals surface area contributed by atoms with Gasteiger partial charge in [0, 0.05) is 19.6 Å². The molecule has 1 atom stereocenters. The van der Waals surface area contributed by atoms with Gasteiger partial charge in [-0.1, -0.05) is 20.3 Å². The molecule has 1 unspecified atom stereocenters. The molecule has 110 valence electrons. The summed E-state index contributed by atoms with van der Waals surface area (Å²) in [6.07, 6.45) is 5.22. The van der Waals surface area contributed by atoms with Crippen LogP contribution < -0.4 is 10.2 Å². The van der Waals surface area contributed by atoms with Gasteiger partial charge in [-0.2, -0.15) is 15.1 Å². The smallest absolute Gasteiger partial charge is 0.226 e. The van der Waals surface area contributed by atoms with E-state index >= 15 is 0 Å². The first-order valence-corrected chi connectivity index (χ1v) is 7.36. The molecule has 2 heterocycles. The van der Waals surface area contributed by atoms with Crippen LogP contribution in [0.5, 0.6) is 0 Å². The first-order chi connectivity index (χ1) is 9.71. The lowest BCUT2D eigenvalue weighted by Gasteiger charge is -2.30. The Balaban J connectivity index is 2.47. The van der Waals surface area contributed by atoms with Crippen molar-refractivity contribution in [1.82, 2.24) is 20.2 Å². The number of aromatic nitrogens is 4. The van der Waals surface area contributed by atoms with Gasteiger partial charge in [0.1, 0.15) is 5.82 Å². The molecule has 6 nitrogen and oxygen atoms in total. The molecule has 0 aliphatic carbocycles. The van der Waals surface area contributed by atoms with Gasteiger partial charge >= 0.3 is 0 Å². The van der Waals surface area contributed by atoms with E-state index in [9.17, 15) is 0 Å². The third-order valence-electron chi connectivity index (χ3n) is 3.66. The number of fused-ring (bicyclic) bond motifs is 1.